The molecule has 0 spiro atoms. The van der Waals surface area contributed by atoms with Gasteiger partial charge in [0.05, 0.1) is 22.0 Å². The molecule has 138 valence electrons. The highest BCUT2D eigenvalue weighted by atomic mass is 35.5. The van der Waals surface area contributed by atoms with Gasteiger partial charge in [0.25, 0.3) is 5.91 Å². The second kappa shape index (κ2) is 7.02. The number of halogens is 2. The average Bonchev–Trinajstić information content (AvgIpc) is 3.20. The zero-order chi connectivity index (χ0) is 19.1. The fraction of sp³-hybridized carbons (Fsp3) is 0.200. The first kappa shape index (κ1) is 18.1. The molecule has 0 fully saturated rings. The van der Waals surface area contributed by atoms with Crippen molar-refractivity contribution in [2.45, 2.75) is 25.4 Å². The lowest BCUT2D eigenvalue weighted by atomic mass is 10.1. The highest BCUT2D eigenvalue weighted by molar-refractivity contribution is 7.98. The quantitative estimate of drug-likeness (QED) is 0.649. The first-order valence-corrected chi connectivity index (χ1v) is 10.0. The summed E-state index contributed by atoms with van der Waals surface area (Å²) in [5, 5.41) is 7.65. The van der Waals surface area contributed by atoms with E-state index in [1.807, 2.05) is 32.0 Å². The highest BCUT2D eigenvalue weighted by Crippen LogP contribution is 2.37. The Balaban J connectivity index is 1.81. The van der Waals surface area contributed by atoms with Gasteiger partial charge in [-0.1, -0.05) is 29.8 Å². The maximum Gasteiger partial charge on any atom is 0.261 e. The Labute approximate surface area is 165 Å². The molecule has 4 rings (SSSR count). The monoisotopic (exact) mass is 401 g/mol. The van der Waals surface area contributed by atoms with E-state index in [0.717, 1.165) is 39.6 Å². The van der Waals surface area contributed by atoms with Crippen LogP contribution in [0.3, 0.4) is 0 Å². The number of aryl methyl sites for hydroxylation is 1. The van der Waals surface area contributed by atoms with E-state index in [0.29, 0.717) is 5.82 Å². The first-order chi connectivity index (χ1) is 13.0. The number of aromatic nitrogens is 2. The van der Waals surface area contributed by atoms with Crippen molar-refractivity contribution in [1.29, 1.82) is 0 Å². The fourth-order valence-electron chi connectivity index (χ4n) is 3.17. The van der Waals surface area contributed by atoms with Crippen molar-refractivity contribution >= 4 is 35.1 Å². The molecule has 27 heavy (non-hydrogen) atoms. The van der Waals surface area contributed by atoms with Gasteiger partial charge in [-0.2, -0.15) is 16.9 Å². The standard InChI is InChI=1S/C20H17ClFN3OS/c1-11-5-3-8-17(12(11)2)25-19(13-9-27-10-16(13)24-25)23-20(26)18-14(21)6-4-7-15(18)22/h3-8H,9-10H2,1-2H3,(H,23,26). The summed E-state index contributed by atoms with van der Waals surface area (Å²) in [4.78, 5) is 12.8. The van der Waals surface area contributed by atoms with Crippen LogP contribution in [0.15, 0.2) is 36.4 Å². The summed E-state index contributed by atoms with van der Waals surface area (Å²) in [6, 6.07) is 10.2. The molecule has 1 N–H and O–H groups in total. The molecular weight excluding hydrogens is 385 g/mol. The van der Waals surface area contributed by atoms with Crippen LogP contribution >= 0.6 is 23.4 Å². The molecule has 3 aromatic rings. The van der Waals surface area contributed by atoms with Gasteiger partial charge in [0.2, 0.25) is 0 Å². The van der Waals surface area contributed by atoms with E-state index >= 15 is 0 Å². The summed E-state index contributed by atoms with van der Waals surface area (Å²) in [5.74, 6) is 0.887. The molecule has 0 atom stereocenters. The van der Waals surface area contributed by atoms with Crippen LogP contribution in [0.1, 0.15) is 32.7 Å². The summed E-state index contributed by atoms with van der Waals surface area (Å²) in [5.41, 5.74) is 4.85. The normalized spacial score (nSPS) is 12.9. The lowest BCUT2D eigenvalue weighted by Gasteiger charge is -2.14. The number of anilines is 1. The number of rotatable bonds is 3. The lowest BCUT2D eigenvalue weighted by Crippen LogP contribution is -2.18. The zero-order valence-electron chi connectivity index (χ0n) is 14.8. The van der Waals surface area contributed by atoms with E-state index in [4.69, 9.17) is 16.7 Å². The van der Waals surface area contributed by atoms with E-state index in [-0.39, 0.29) is 10.6 Å². The van der Waals surface area contributed by atoms with Gasteiger partial charge in [-0.05, 0) is 43.2 Å². The number of carbonyl (C=O) groups is 1. The molecular formula is C20H17ClFN3OS. The maximum atomic E-state index is 14.2. The van der Waals surface area contributed by atoms with E-state index in [2.05, 4.69) is 5.32 Å². The van der Waals surface area contributed by atoms with Gasteiger partial charge >= 0.3 is 0 Å². The third-order valence-electron chi connectivity index (χ3n) is 4.78. The molecule has 1 amide bonds. The Kier molecular flexibility index (Phi) is 4.70. The van der Waals surface area contributed by atoms with Crippen LogP contribution in [0, 0.1) is 19.7 Å². The van der Waals surface area contributed by atoms with Crippen molar-refractivity contribution < 1.29 is 9.18 Å². The van der Waals surface area contributed by atoms with E-state index < -0.39 is 11.7 Å². The molecule has 7 heteroatoms. The zero-order valence-corrected chi connectivity index (χ0v) is 16.4. The van der Waals surface area contributed by atoms with Crippen LogP contribution in [0.2, 0.25) is 5.02 Å². The first-order valence-electron chi connectivity index (χ1n) is 8.48. The van der Waals surface area contributed by atoms with E-state index in [1.165, 1.54) is 18.2 Å². The summed E-state index contributed by atoms with van der Waals surface area (Å²) in [6.45, 7) is 4.05. The maximum absolute atomic E-state index is 14.2. The Morgan fingerprint density at radius 3 is 2.78 bits per heavy atom. The Bertz CT molecular complexity index is 1040. The van der Waals surface area contributed by atoms with Crippen molar-refractivity contribution in [3.8, 4) is 5.69 Å². The van der Waals surface area contributed by atoms with Crippen molar-refractivity contribution in [3.63, 3.8) is 0 Å². The average molecular weight is 402 g/mol. The van der Waals surface area contributed by atoms with Gasteiger partial charge in [-0.25, -0.2) is 9.07 Å². The van der Waals surface area contributed by atoms with Gasteiger partial charge < -0.3 is 5.32 Å². The third-order valence-corrected chi connectivity index (χ3v) is 6.06. The van der Waals surface area contributed by atoms with Crippen molar-refractivity contribution in [1.82, 2.24) is 9.78 Å². The van der Waals surface area contributed by atoms with Crippen LogP contribution in [-0.4, -0.2) is 15.7 Å². The molecule has 0 saturated heterocycles. The van der Waals surface area contributed by atoms with Gasteiger partial charge in [0.15, 0.2) is 0 Å². The molecule has 0 unspecified atom stereocenters. The number of hydrogen-bond donors (Lipinski definition) is 1. The van der Waals surface area contributed by atoms with Gasteiger partial charge in [0.1, 0.15) is 11.6 Å². The molecule has 0 aliphatic carbocycles. The smallest absolute Gasteiger partial charge is 0.261 e. The summed E-state index contributed by atoms with van der Waals surface area (Å²) in [7, 11) is 0. The largest absolute Gasteiger partial charge is 0.306 e. The number of thioether (sulfide) groups is 1. The van der Waals surface area contributed by atoms with Crippen LogP contribution in [0.5, 0.6) is 0 Å². The van der Waals surface area contributed by atoms with Crippen LogP contribution in [-0.2, 0) is 11.5 Å². The van der Waals surface area contributed by atoms with Gasteiger partial charge in [-0.3, -0.25) is 4.79 Å². The minimum Gasteiger partial charge on any atom is -0.306 e. The van der Waals surface area contributed by atoms with Gasteiger partial charge in [0, 0.05) is 17.1 Å². The Morgan fingerprint density at radius 2 is 2.00 bits per heavy atom. The molecule has 0 radical (unpaired) electrons. The summed E-state index contributed by atoms with van der Waals surface area (Å²) in [6.07, 6.45) is 0. The summed E-state index contributed by atoms with van der Waals surface area (Å²) >= 11 is 7.79. The van der Waals surface area contributed by atoms with Crippen LogP contribution in [0.4, 0.5) is 10.2 Å². The van der Waals surface area contributed by atoms with Crippen LogP contribution < -0.4 is 5.32 Å². The molecule has 1 aliphatic rings. The molecule has 2 aromatic carbocycles. The minimum atomic E-state index is -0.649. The second-order valence-corrected chi connectivity index (χ2v) is 7.84. The fourth-order valence-corrected chi connectivity index (χ4v) is 4.45. The highest BCUT2D eigenvalue weighted by Gasteiger charge is 2.27. The number of fused-ring (bicyclic) bond motifs is 1. The van der Waals surface area contributed by atoms with E-state index in [9.17, 15) is 9.18 Å². The SMILES string of the molecule is Cc1cccc(-n2nc3c(c2NC(=O)c2c(F)cccc2Cl)CSC3)c1C. The Hall–Kier alpha value is -2.31. The molecule has 4 nitrogen and oxygen atoms in total. The third kappa shape index (κ3) is 3.13. The minimum absolute atomic E-state index is 0.0799. The topological polar surface area (TPSA) is 46.9 Å². The molecule has 1 aliphatic heterocycles. The number of carbonyl (C=O) groups excluding carboxylic acids is 1. The molecule has 0 bridgehead atoms. The molecule has 0 saturated carbocycles. The Morgan fingerprint density at radius 1 is 1.22 bits per heavy atom. The predicted molar refractivity (Wildman–Crippen MR) is 107 cm³/mol. The summed E-state index contributed by atoms with van der Waals surface area (Å²) < 4.78 is 15.9. The van der Waals surface area contributed by atoms with Crippen molar-refractivity contribution in [2.24, 2.45) is 0 Å². The number of benzene rings is 2. The van der Waals surface area contributed by atoms with Gasteiger partial charge in [-0.15, -0.1) is 0 Å². The molecule has 2 heterocycles. The second-order valence-electron chi connectivity index (χ2n) is 6.45. The lowest BCUT2D eigenvalue weighted by molar-refractivity contribution is 0.102. The number of nitrogens with zero attached hydrogens (tertiary/aromatic N) is 2. The predicted octanol–water partition coefficient (Wildman–Crippen LogP) is 5.28. The number of hydrogen-bond acceptors (Lipinski definition) is 3. The van der Waals surface area contributed by atoms with E-state index in [1.54, 1.807) is 16.4 Å². The number of nitrogens with one attached hydrogen (secondary N) is 1. The van der Waals surface area contributed by atoms with Crippen molar-refractivity contribution in [2.75, 3.05) is 5.32 Å². The molecule has 1 aromatic heterocycles. The number of amides is 1. The van der Waals surface area contributed by atoms with Crippen LogP contribution in [0.25, 0.3) is 5.69 Å². The van der Waals surface area contributed by atoms with Crippen molar-refractivity contribution in [3.05, 3.63) is 75.2 Å².